The van der Waals surface area contributed by atoms with Crippen LogP contribution in [0.1, 0.15) is 40.2 Å². The number of nitrogens with one attached hydrogen (secondary N) is 1. The molecule has 0 atom stereocenters. The molecule has 1 heterocycles. The Morgan fingerprint density at radius 3 is 2.48 bits per heavy atom. The van der Waals surface area contributed by atoms with Gasteiger partial charge < -0.3 is 10.2 Å². The van der Waals surface area contributed by atoms with E-state index in [4.69, 9.17) is 0 Å². The van der Waals surface area contributed by atoms with Gasteiger partial charge in [0, 0.05) is 36.5 Å². The first kappa shape index (κ1) is 17.2. The third kappa shape index (κ3) is 3.90. The van der Waals surface area contributed by atoms with Crippen LogP contribution in [0.5, 0.6) is 0 Å². The van der Waals surface area contributed by atoms with E-state index >= 15 is 0 Å². The maximum absolute atomic E-state index is 12.7. The molecule has 3 rings (SSSR count). The topological polar surface area (TPSA) is 67.2 Å². The predicted octanol–water partition coefficient (Wildman–Crippen LogP) is 1.96. The van der Waals surface area contributed by atoms with Gasteiger partial charge in [-0.25, -0.2) is 0 Å². The van der Waals surface area contributed by atoms with E-state index in [1.54, 1.807) is 24.3 Å². The van der Waals surface area contributed by atoms with Gasteiger partial charge in [-0.05, 0) is 38.8 Å². The first-order valence-electron chi connectivity index (χ1n) is 8.59. The van der Waals surface area contributed by atoms with Crippen molar-refractivity contribution in [2.45, 2.75) is 39.3 Å². The van der Waals surface area contributed by atoms with Gasteiger partial charge >= 0.3 is 0 Å². The van der Waals surface area contributed by atoms with Crippen LogP contribution < -0.4 is 5.32 Å². The zero-order valence-corrected chi connectivity index (χ0v) is 15.0. The summed E-state index contributed by atoms with van der Waals surface area (Å²) < 4.78 is 1.84. The quantitative estimate of drug-likeness (QED) is 0.874. The van der Waals surface area contributed by atoms with E-state index < -0.39 is 0 Å². The van der Waals surface area contributed by atoms with Gasteiger partial charge in [0.1, 0.15) is 0 Å². The molecule has 0 radical (unpaired) electrons. The van der Waals surface area contributed by atoms with Gasteiger partial charge in [-0.3, -0.25) is 14.3 Å². The van der Waals surface area contributed by atoms with Crippen LogP contribution in [0.3, 0.4) is 0 Å². The fourth-order valence-corrected chi connectivity index (χ4v) is 2.97. The molecule has 1 aromatic heterocycles. The highest BCUT2D eigenvalue weighted by molar-refractivity contribution is 5.96. The van der Waals surface area contributed by atoms with Crippen molar-refractivity contribution in [3.63, 3.8) is 0 Å². The summed E-state index contributed by atoms with van der Waals surface area (Å²) in [6, 6.07) is 9.22. The van der Waals surface area contributed by atoms with Crippen LogP contribution in [-0.2, 0) is 18.4 Å². The SMILES string of the molecule is Cc1nn(C)c(C)c1CN(C(=O)CNC(=O)c1ccccc1)C1CC1. The third-order valence-electron chi connectivity index (χ3n) is 4.73. The second-order valence-corrected chi connectivity index (χ2v) is 6.57. The van der Waals surface area contributed by atoms with Crippen molar-refractivity contribution < 1.29 is 9.59 Å². The lowest BCUT2D eigenvalue weighted by molar-refractivity contribution is -0.131. The summed E-state index contributed by atoms with van der Waals surface area (Å²) in [5, 5.41) is 7.16. The van der Waals surface area contributed by atoms with E-state index in [1.165, 1.54) is 0 Å². The summed E-state index contributed by atoms with van der Waals surface area (Å²) >= 11 is 0. The molecular formula is C19H24N4O2. The molecular weight excluding hydrogens is 316 g/mol. The van der Waals surface area contributed by atoms with Gasteiger partial charge in [0.15, 0.2) is 0 Å². The Morgan fingerprint density at radius 2 is 1.92 bits per heavy atom. The second-order valence-electron chi connectivity index (χ2n) is 6.57. The van der Waals surface area contributed by atoms with Crippen molar-refractivity contribution >= 4 is 11.8 Å². The minimum atomic E-state index is -0.224. The van der Waals surface area contributed by atoms with Gasteiger partial charge in [0.05, 0.1) is 12.2 Å². The molecule has 2 aromatic rings. The molecule has 1 aromatic carbocycles. The molecule has 0 bridgehead atoms. The molecule has 1 aliphatic carbocycles. The van der Waals surface area contributed by atoms with Crippen molar-refractivity contribution in [3.05, 3.63) is 52.8 Å². The van der Waals surface area contributed by atoms with Crippen molar-refractivity contribution in [2.75, 3.05) is 6.54 Å². The van der Waals surface area contributed by atoms with E-state index in [2.05, 4.69) is 10.4 Å². The Labute approximate surface area is 147 Å². The van der Waals surface area contributed by atoms with E-state index in [0.29, 0.717) is 12.1 Å². The van der Waals surface area contributed by atoms with Crippen molar-refractivity contribution in [2.24, 2.45) is 7.05 Å². The normalized spacial score (nSPS) is 13.6. The highest BCUT2D eigenvalue weighted by atomic mass is 16.2. The van der Waals surface area contributed by atoms with Gasteiger partial charge in [0.2, 0.25) is 5.91 Å². The van der Waals surface area contributed by atoms with E-state index in [9.17, 15) is 9.59 Å². The number of carbonyl (C=O) groups is 2. The molecule has 0 saturated heterocycles. The summed E-state index contributed by atoms with van der Waals surface area (Å²) in [6.07, 6.45) is 2.05. The smallest absolute Gasteiger partial charge is 0.251 e. The Hall–Kier alpha value is -2.63. The van der Waals surface area contributed by atoms with E-state index in [-0.39, 0.29) is 24.4 Å². The molecule has 1 saturated carbocycles. The second kappa shape index (κ2) is 7.09. The first-order valence-corrected chi connectivity index (χ1v) is 8.59. The number of aromatic nitrogens is 2. The lowest BCUT2D eigenvalue weighted by Crippen LogP contribution is -2.41. The summed E-state index contributed by atoms with van der Waals surface area (Å²) in [6.45, 7) is 4.55. The molecule has 132 valence electrons. The lowest BCUT2D eigenvalue weighted by Gasteiger charge is -2.23. The molecule has 6 nitrogen and oxygen atoms in total. The number of hydrogen-bond acceptors (Lipinski definition) is 3. The van der Waals surface area contributed by atoms with Crippen LogP contribution >= 0.6 is 0 Å². The van der Waals surface area contributed by atoms with Crippen molar-refractivity contribution in [3.8, 4) is 0 Å². The summed E-state index contributed by atoms with van der Waals surface area (Å²) in [4.78, 5) is 26.7. The van der Waals surface area contributed by atoms with Crippen LogP contribution in [0.4, 0.5) is 0 Å². The van der Waals surface area contributed by atoms with Crippen LogP contribution in [0.25, 0.3) is 0 Å². The van der Waals surface area contributed by atoms with Crippen LogP contribution in [0.15, 0.2) is 30.3 Å². The molecule has 0 unspecified atom stereocenters. The number of benzene rings is 1. The first-order chi connectivity index (χ1) is 12.0. The van der Waals surface area contributed by atoms with E-state index in [0.717, 1.165) is 29.8 Å². The standard InChI is InChI=1S/C19H24N4O2/c1-13-17(14(2)22(3)21-13)12-23(16-9-10-16)18(24)11-20-19(25)15-7-5-4-6-8-15/h4-8,16H,9-12H2,1-3H3,(H,20,25). The summed E-state index contributed by atoms with van der Waals surface area (Å²) in [5.74, 6) is -0.270. The van der Waals surface area contributed by atoms with Crippen LogP contribution in [-0.4, -0.2) is 39.1 Å². The number of carbonyl (C=O) groups excluding carboxylic acids is 2. The number of nitrogens with zero attached hydrogens (tertiary/aromatic N) is 3. The Morgan fingerprint density at radius 1 is 1.24 bits per heavy atom. The molecule has 25 heavy (non-hydrogen) atoms. The maximum atomic E-state index is 12.7. The molecule has 1 aliphatic rings. The van der Waals surface area contributed by atoms with Gasteiger partial charge in [-0.15, -0.1) is 0 Å². The zero-order valence-electron chi connectivity index (χ0n) is 15.0. The van der Waals surface area contributed by atoms with Crippen molar-refractivity contribution in [1.82, 2.24) is 20.0 Å². The molecule has 1 N–H and O–H groups in total. The number of rotatable bonds is 6. The molecule has 1 fully saturated rings. The highest BCUT2D eigenvalue weighted by Gasteiger charge is 2.33. The summed E-state index contributed by atoms with van der Waals surface area (Å²) in [7, 11) is 1.91. The third-order valence-corrected chi connectivity index (χ3v) is 4.73. The fourth-order valence-electron chi connectivity index (χ4n) is 2.97. The number of hydrogen-bond donors (Lipinski definition) is 1. The average molecular weight is 340 g/mol. The highest BCUT2D eigenvalue weighted by Crippen LogP contribution is 2.29. The average Bonchev–Trinajstić information content (AvgIpc) is 3.41. The predicted molar refractivity (Wildman–Crippen MR) is 95.0 cm³/mol. The van der Waals surface area contributed by atoms with Gasteiger partial charge in [-0.2, -0.15) is 5.10 Å². The van der Waals surface area contributed by atoms with Gasteiger partial charge in [0.25, 0.3) is 5.91 Å². The van der Waals surface area contributed by atoms with Crippen molar-refractivity contribution in [1.29, 1.82) is 0 Å². The van der Waals surface area contributed by atoms with Crippen LogP contribution in [0.2, 0.25) is 0 Å². The molecule has 0 aliphatic heterocycles. The largest absolute Gasteiger partial charge is 0.343 e. The minimum absolute atomic E-state index is 0.0165. The number of aryl methyl sites for hydroxylation is 2. The summed E-state index contributed by atoms with van der Waals surface area (Å²) in [5.41, 5.74) is 3.68. The van der Waals surface area contributed by atoms with Crippen LogP contribution in [0, 0.1) is 13.8 Å². The maximum Gasteiger partial charge on any atom is 0.251 e. The minimum Gasteiger partial charge on any atom is -0.343 e. The molecule has 0 spiro atoms. The molecule has 2 amide bonds. The Kier molecular flexibility index (Phi) is 4.88. The molecule has 6 heteroatoms. The Balaban J connectivity index is 1.65. The fraction of sp³-hybridized carbons (Fsp3) is 0.421. The number of amides is 2. The van der Waals surface area contributed by atoms with E-state index in [1.807, 2.05) is 36.5 Å². The Bertz CT molecular complexity index is 778. The monoisotopic (exact) mass is 340 g/mol. The lowest BCUT2D eigenvalue weighted by atomic mass is 10.1. The van der Waals surface area contributed by atoms with Gasteiger partial charge in [-0.1, -0.05) is 18.2 Å². The zero-order chi connectivity index (χ0) is 18.0.